The fraction of sp³-hybridized carbons (Fsp3) is 0.945. The number of aliphatic hydroxyl groups is 1. The van der Waals surface area contributed by atoms with Gasteiger partial charge in [-0.1, -0.05) is 312 Å². The van der Waals surface area contributed by atoms with Crippen molar-refractivity contribution in [1.82, 2.24) is 0 Å². The number of phosphoric acid groups is 2. The summed E-state index contributed by atoms with van der Waals surface area (Å²) in [6.07, 6.45) is 46.2. The lowest BCUT2D eigenvalue weighted by Gasteiger charge is -2.21. The third kappa shape index (κ3) is 66.7. The topological polar surface area (TPSA) is 237 Å². The number of phosphoric ester groups is 2. The number of esters is 4. The first-order chi connectivity index (χ1) is 44.1. The Labute approximate surface area is 562 Å². The molecule has 0 bridgehead atoms. The molecular formula is C73H142O17P2. The molecule has 3 N–H and O–H groups in total. The number of carbonyl (C=O) groups excluding carboxylic acids is 4. The molecule has 2 unspecified atom stereocenters. The minimum absolute atomic E-state index is 0.103. The highest BCUT2D eigenvalue weighted by molar-refractivity contribution is 7.47. The third-order valence-electron chi connectivity index (χ3n) is 16.8. The van der Waals surface area contributed by atoms with Crippen molar-refractivity contribution in [1.29, 1.82) is 0 Å². The van der Waals surface area contributed by atoms with Crippen LogP contribution in [0.5, 0.6) is 0 Å². The average molecular weight is 1350 g/mol. The van der Waals surface area contributed by atoms with E-state index in [1.807, 2.05) is 0 Å². The zero-order valence-electron chi connectivity index (χ0n) is 60.2. The molecule has 5 atom stereocenters. The van der Waals surface area contributed by atoms with Crippen LogP contribution < -0.4 is 0 Å². The number of hydrogen-bond acceptors (Lipinski definition) is 15. The van der Waals surface area contributed by atoms with Crippen LogP contribution in [-0.2, 0) is 65.4 Å². The van der Waals surface area contributed by atoms with Crippen molar-refractivity contribution < 1.29 is 80.2 Å². The minimum atomic E-state index is -4.95. The standard InChI is InChI=1S/C73H142O17P2/c1-63(2)49-41-33-25-19-17-15-13-11-9-10-12-14-16-18-20-29-39-47-55-72(77)89-68(59-83-70(75)53-45-37-28-23-21-26-34-42-50-64(3)4)61-87-91(79,80)85-57-67(74)58-86-92(81,82)88-62-69(60-84-71(76)54-46-38-32-31-36-44-52-66(7)8)90-73(78)56-48-40-30-24-22-27-35-43-51-65(5)6/h63-69,74H,9-62H2,1-8H3,(H,79,80)(H,81,82)/t67-,68-,69-/m1/s1. The van der Waals surface area contributed by atoms with Crippen LogP contribution in [0.25, 0.3) is 0 Å². The Morgan fingerprint density at radius 2 is 0.457 bits per heavy atom. The van der Waals surface area contributed by atoms with Gasteiger partial charge in [0.15, 0.2) is 12.2 Å². The monoisotopic (exact) mass is 1350 g/mol. The second kappa shape index (κ2) is 62.6. The van der Waals surface area contributed by atoms with Crippen LogP contribution in [0.3, 0.4) is 0 Å². The van der Waals surface area contributed by atoms with E-state index in [1.165, 1.54) is 161 Å². The summed E-state index contributed by atoms with van der Waals surface area (Å²) in [5, 5.41) is 10.6. The minimum Gasteiger partial charge on any atom is -0.462 e. The zero-order valence-corrected chi connectivity index (χ0v) is 62.0. The lowest BCUT2D eigenvalue weighted by Crippen LogP contribution is -2.30. The van der Waals surface area contributed by atoms with Crippen LogP contribution in [0.1, 0.15) is 364 Å². The van der Waals surface area contributed by atoms with Gasteiger partial charge in [-0.25, -0.2) is 9.13 Å². The van der Waals surface area contributed by atoms with E-state index >= 15 is 0 Å². The van der Waals surface area contributed by atoms with Crippen LogP contribution in [-0.4, -0.2) is 96.7 Å². The van der Waals surface area contributed by atoms with E-state index in [2.05, 4.69) is 55.4 Å². The Hall–Kier alpha value is -1.94. The van der Waals surface area contributed by atoms with Gasteiger partial charge < -0.3 is 33.8 Å². The molecule has 0 aromatic carbocycles. The number of carbonyl (C=O) groups is 4. The predicted octanol–water partition coefficient (Wildman–Crippen LogP) is 20.9. The highest BCUT2D eigenvalue weighted by atomic mass is 31.2. The van der Waals surface area contributed by atoms with Crippen LogP contribution >= 0.6 is 15.6 Å². The van der Waals surface area contributed by atoms with Crippen molar-refractivity contribution in [3.63, 3.8) is 0 Å². The average Bonchev–Trinajstić information content (AvgIpc) is 1.57. The summed E-state index contributed by atoms with van der Waals surface area (Å²) >= 11 is 0. The summed E-state index contributed by atoms with van der Waals surface area (Å²) in [7, 11) is -9.90. The highest BCUT2D eigenvalue weighted by Gasteiger charge is 2.30. The number of hydrogen-bond donors (Lipinski definition) is 3. The molecule has 546 valence electrons. The molecule has 0 aliphatic carbocycles. The molecule has 0 amide bonds. The first kappa shape index (κ1) is 90.1. The van der Waals surface area contributed by atoms with Crippen LogP contribution in [0, 0.1) is 23.7 Å². The lowest BCUT2D eigenvalue weighted by molar-refractivity contribution is -0.161. The molecule has 0 radical (unpaired) electrons. The first-order valence-electron chi connectivity index (χ1n) is 37.7. The molecule has 0 aromatic rings. The SMILES string of the molecule is CC(C)CCCCCCCCCCCCCCCCCCCCC(=O)O[C@H](COC(=O)CCCCCCCCCCC(C)C)COP(=O)(O)OC[C@@H](O)COP(=O)(O)OC[C@@H](COC(=O)CCCCCCCCC(C)C)OC(=O)CCCCCCCCCCC(C)C. The van der Waals surface area contributed by atoms with E-state index in [-0.39, 0.29) is 25.7 Å². The second-order valence-electron chi connectivity index (χ2n) is 28.2. The zero-order chi connectivity index (χ0) is 68.2. The molecule has 0 aliphatic rings. The van der Waals surface area contributed by atoms with Crippen molar-refractivity contribution in [3.8, 4) is 0 Å². The Kier molecular flexibility index (Phi) is 61.3. The molecule has 19 heteroatoms. The van der Waals surface area contributed by atoms with Gasteiger partial charge in [0.05, 0.1) is 26.4 Å². The summed E-state index contributed by atoms with van der Waals surface area (Å²) in [4.78, 5) is 72.5. The summed E-state index contributed by atoms with van der Waals surface area (Å²) in [5.74, 6) is 0.814. The molecule has 0 rings (SSSR count). The van der Waals surface area contributed by atoms with Crippen molar-refractivity contribution in [2.45, 2.75) is 382 Å². The first-order valence-corrected chi connectivity index (χ1v) is 40.7. The lowest BCUT2D eigenvalue weighted by atomic mass is 10.0. The predicted molar refractivity (Wildman–Crippen MR) is 372 cm³/mol. The Morgan fingerprint density at radius 3 is 0.674 bits per heavy atom. The Morgan fingerprint density at radius 1 is 0.272 bits per heavy atom. The number of aliphatic hydroxyl groups excluding tert-OH is 1. The molecule has 0 aliphatic heterocycles. The van der Waals surface area contributed by atoms with Gasteiger partial charge in [-0.3, -0.25) is 37.3 Å². The molecule has 92 heavy (non-hydrogen) atoms. The molecule has 0 saturated carbocycles. The maximum absolute atomic E-state index is 13.0. The van der Waals surface area contributed by atoms with Crippen molar-refractivity contribution in [2.24, 2.45) is 23.7 Å². The Balaban J connectivity index is 5.17. The van der Waals surface area contributed by atoms with E-state index in [0.29, 0.717) is 31.6 Å². The van der Waals surface area contributed by atoms with Gasteiger partial charge >= 0.3 is 39.5 Å². The molecule has 0 fully saturated rings. The van der Waals surface area contributed by atoms with Crippen LogP contribution in [0.4, 0.5) is 0 Å². The molecular weight excluding hydrogens is 1210 g/mol. The maximum atomic E-state index is 13.0. The highest BCUT2D eigenvalue weighted by Crippen LogP contribution is 2.45. The van der Waals surface area contributed by atoms with Crippen molar-refractivity contribution in [2.75, 3.05) is 39.6 Å². The fourth-order valence-corrected chi connectivity index (χ4v) is 12.6. The largest absolute Gasteiger partial charge is 0.472 e. The van der Waals surface area contributed by atoms with Crippen LogP contribution in [0.15, 0.2) is 0 Å². The molecule has 0 heterocycles. The molecule has 0 spiro atoms. The van der Waals surface area contributed by atoms with Gasteiger partial charge in [0.1, 0.15) is 19.3 Å². The van der Waals surface area contributed by atoms with Crippen molar-refractivity contribution >= 4 is 39.5 Å². The number of ether oxygens (including phenoxy) is 4. The quantitative estimate of drug-likeness (QED) is 0.0222. The molecule has 17 nitrogen and oxygen atoms in total. The van der Waals surface area contributed by atoms with E-state index in [9.17, 15) is 43.2 Å². The van der Waals surface area contributed by atoms with E-state index < -0.39 is 97.5 Å². The van der Waals surface area contributed by atoms with Gasteiger partial charge in [-0.15, -0.1) is 0 Å². The fourth-order valence-electron chi connectivity index (χ4n) is 11.0. The van der Waals surface area contributed by atoms with Gasteiger partial charge in [-0.05, 0) is 49.4 Å². The van der Waals surface area contributed by atoms with Crippen LogP contribution in [0.2, 0.25) is 0 Å². The summed E-state index contributed by atoms with van der Waals surface area (Å²) < 4.78 is 68.3. The number of unbranched alkanes of at least 4 members (excludes halogenated alkanes) is 36. The molecule has 0 saturated heterocycles. The van der Waals surface area contributed by atoms with Crippen molar-refractivity contribution in [3.05, 3.63) is 0 Å². The summed E-state index contributed by atoms with van der Waals surface area (Å²) in [5.41, 5.74) is 0. The van der Waals surface area contributed by atoms with Gasteiger partial charge in [0.2, 0.25) is 0 Å². The summed E-state index contributed by atoms with van der Waals surface area (Å²) in [6, 6.07) is 0. The Bertz CT molecular complexity index is 1820. The van der Waals surface area contributed by atoms with Gasteiger partial charge in [0.25, 0.3) is 0 Å². The van der Waals surface area contributed by atoms with E-state index in [4.69, 9.17) is 37.0 Å². The van der Waals surface area contributed by atoms with E-state index in [1.54, 1.807) is 0 Å². The van der Waals surface area contributed by atoms with E-state index in [0.717, 1.165) is 114 Å². The normalized spacial score (nSPS) is 14.2. The van der Waals surface area contributed by atoms with Gasteiger partial charge in [-0.2, -0.15) is 0 Å². The molecule has 0 aromatic heterocycles. The second-order valence-corrected chi connectivity index (χ2v) is 31.1. The third-order valence-corrected chi connectivity index (χ3v) is 18.7. The smallest absolute Gasteiger partial charge is 0.462 e. The number of rotatable bonds is 70. The summed E-state index contributed by atoms with van der Waals surface area (Å²) in [6.45, 7) is 14.0. The maximum Gasteiger partial charge on any atom is 0.472 e. The van der Waals surface area contributed by atoms with Gasteiger partial charge in [0, 0.05) is 25.7 Å².